The molecule has 0 amide bonds. The van der Waals surface area contributed by atoms with Crippen molar-refractivity contribution in [3.8, 4) is 0 Å². The maximum Gasteiger partial charge on any atom is 0.168 e. The molecule has 3 rings (SSSR count). The van der Waals surface area contributed by atoms with Crippen LogP contribution in [0.3, 0.4) is 0 Å². The number of aliphatic hydroxyl groups is 1. The molecule has 8 heteroatoms. The molecule has 2 unspecified atom stereocenters. The van der Waals surface area contributed by atoms with E-state index in [-0.39, 0.29) is 5.11 Å². The highest BCUT2D eigenvalue weighted by atomic mass is 32.2. The van der Waals surface area contributed by atoms with Gasteiger partial charge in [-0.3, -0.25) is 9.11 Å². The summed E-state index contributed by atoms with van der Waals surface area (Å²) in [4.78, 5) is 5.49. The van der Waals surface area contributed by atoms with E-state index < -0.39 is 16.9 Å². The van der Waals surface area contributed by atoms with Crippen LogP contribution in [0.2, 0.25) is 0 Å². The Morgan fingerprint density at radius 3 is 2.53 bits per heavy atom. The first-order valence-electron chi connectivity index (χ1n) is 10.2. The first-order chi connectivity index (χ1) is 14.4. The number of thiocarbonyl (C=S) groups is 1. The van der Waals surface area contributed by atoms with Gasteiger partial charge in [0.15, 0.2) is 5.11 Å². The van der Waals surface area contributed by atoms with Crippen molar-refractivity contribution in [3.05, 3.63) is 54.1 Å². The van der Waals surface area contributed by atoms with Gasteiger partial charge in [-0.2, -0.15) is 0 Å². The van der Waals surface area contributed by atoms with Gasteiger partial charge in [0.05, 0.1) is 27.5 Å². The van der Waals surface area contributed by atoms with Crippen LogP contribution in [0.15, 0.2) is 53.4 Å². The van der Waals surface area contributed by atoms with Gasteiger partial charge in [0.1, 0.15) is 0 Å². The molecular weight excluding hydrogens is 416 g/mol. The summed E-state index contributed by atoms with van der Waals surface area (Å²) < 4.78 is 11.9. The number of nitrogens with two attached hydrogens (primary N) is 1. The number of piperazine rings is 1. The van der Waals surface area contributed by atoms with Crippen LogP contribution >= 0.6 is 12.2 Å². The highest BCUT2D eigenvalue weighted by molar-refractivity contribution is 7.84. The normalized spacial score (nSPS) is 16.8. The maximum atomic E-state index is 11.9. The van der Waals surface area contributed by atoms with E-state index in [1.54, 1.807) is 18.4 Å². The van der Waals surface area contributed by atoms with Gasteiger partial charge in [-0.1, -0.05) is 24.3 Å². The molecule has 1 aliphatic rings. The smallest absolute Gasteiger partial charge is 0.168 e. The molecule has 162 valence electrons. The Bertz CT molecular complexity index is 871. The number of hydrogen-bond donors (Lipinski definition) is 3. The second-order valence-electron chi connectivity index (χ2n) is 7.52. The van der Waals surface area contributed by atoms with Gasteiger partial charge in [-0.05, 0) is 61.4 Å². The van der Waals surface area contributed by atoms with Crippen molar-refractivity contribution in [2.24, 2.45) is 5.73 Å². The largest absolute Gasteiger partial charge is 0.388 e. The number of benzene rings is 2. The summed E-state index contributed by atoms with van der Waals surface area (Å²) in [5, 5.41) is 13.6. The van der Waals surface area contributed by atoms with Crippen molar-refractivity contribution in [2.75, 3.05) is 49.2 Å². The molecule has 1 heterocycles. The third-order valence-corrected chi connectivity index (χ3v) is 6.48. The van der Waals surface area contributed by atoms with Crippen LogP contribution in [0.5, 0.6) is 0 Å². The van der Waals surface area contributed by atoms with Gasteiger partial charge >= 0.3 is 0 Å². The average molecular weight is 447 g/mol. The Hall–Kier alpha value is -2.00. The topological polar surface area (TPSA) is 81.8 Å². The number of nitrogens with one attached hydrogen (secondary N) is 1. The molecule has 2 aromatic rings. The Balaban J connectivity index is 1.48. The minimum atomic E-state index is -1.17. The van der Waals surface area contributed by atoms with Gasteiger partial charge in [0.25, 0.3) is 0 Å². The van der Waals surface area contributed by atoms with E-state index in [0.29, 0.717) is 17.0 Å². The molecule has 1 aliphatic heterocycles. The zero-order valence-electron chi connectivity index (χ0n) is 17.3. The van der Waals surface area contributed by atoms with Crippen molar-refractivity contribution < 1.29 is 9.32 Å². The first kappa shape index (κ1) is 22.7. The van der Waals surface area contributed by atoms with E-state index in [2.05, 4.69) is 39.4 Å². The Labute approximate surface area is 186 Å². The molecule has 2 aromatic carbocycles. The number of rotatable bonds is 8. The Morgan fingerprint density at radius 2 is 1.90 bits per heavy atom. The van der Waals surface area contributed by atoms with Crippen molar-refractivity contribution in [2.45, 2.75) is 23.8 Å². The van der Waals surface area contributed by atoms with Crippen molar-refractivity contribution in [1.82, 2.24) is 4.90 Å². The molecule has 6 nitrogen and oxygen atoms in total. The van der Waals surface area contributed by atoms with Crippen molar-refractivity contribution in [3.63, 3.8) is 0 Å². The van der Waals surface area contributed by atoms with E-state index in [9.17, 15) is 9.32 Å². The summed E-state index contributed by atoms with van der Waals surface area (Å²) in [6.07, 6.45) is 2.60. The summed E-state index contributed by atoms with van der Waals surface area (Å²) in [6.45, 7) is 5.08. The predicted octanol–water partition coefficient (Wildman–Crippen LogP) is 2.72. The van der Waals surface area contributed by atoms with Crippen LogP contribution in [0.25, 0.3) is 0 Å². The summed E-state index contributed by atoms with van der Waals surface area (Å²) >= 11 is 4.91. The molecule has 0 spiro atoms. The van der Waals surface area contributed by atoms with Crippen molar-refractivity contribution >= 4 is 39.5 Å². The van der Waals surface area contributed by atoms with Crippen LogP contribution in [0.1, 0.15) is 24.5 Å². The fourth-order valence-electron chi connectivity index (χ4n) is 3.78. The third kappa shape index (κ3) is 6.25. The highest BCUT2D eigenvalue weighted by Gasteiger charge is 2.18. The fraction of sp³-hybridized carbons (Fsp3) is 0.409. The van der Waals surface area contributed by atoms with Crippen LogP contribution in [-0.4, -0.2) is 58.3 Å². The van der Waals surface area contributed by atoms with Crippen LogP contribution < -0.4 is 16.0 Å². The second kappa shape index (κ2) is 10.9. The number of nitrogens with zero attached hydrogens (tertiary/aromatic N) is 2. The SMILES string of the molecule is CS(=O)c1ccc(C(O)CCCN2CCN(c3ccccc3)CC2)cc1NC(N)=S. The monoisotopic (exact) mass is 446 g/mol. The minimum Gasteiger partial charge on any atom is -0.388 e. The number of hydrogen-bond acceptors (Lipinski definition) is 5. The number of aliphatic hydroxyl groups excluding tert-OH is 1. The van der Waals surface area contributed by atoms with Crippen LogP contribution in [0, 0.1) is 0 Å². The molecule has 0 aliphatic carbocycles. The Morgan fingerprint density at radius 1 is 1.20 bits per heavy atom. The second-order valence-corrected chi connectivity index (χ2v) is 9.31. The first-order valence-corrected chi connectivity index (χ1v) is 12.1. The third-order valence-electron chi connectivity index (χ3n) is 5.40. The van der Waals surface area contributed by atoms with E-state index in [0.717, 1.165) is 44.7 Å². The predicted molar refractivity (Wildman–Crippen MR) is 128 cm³/mol. The lowest BCUT2D eigenvalue weighted by atomic mass is 10.0. The molecule has 0 radical (unpaired) electrons. The molecule has 0 saturated carbocycles. The van der Waals surface area contributed by atoms with Gasteiger partial charge in [0, 0.05) is 38.1 Å². The maximum absolute atomic E-state index is 11.9. The standard InChI is InChI=1S/C22H30N4O2S2/c1-30(28)21-10-9-17(16-19(21)24-22(23)29)20(27)8-5-11-25-12-14-26(15-13-25)18-6-3-2-4-7-18/h2-4,6-7,9-10,16,20,27H,5,8,11-15H2,1H3,(H3,23,24,29). The quantitative estimate of drug-likeness (QED) is 0.538. The van der Waals surface area contributed by atoms with E-state index >= 15 is 0 Å². The van der Waals surface area contributed by atoms with Crippen molar-refractivity contribution in [1.29, 1.82) is 0 Å². The average Bonchev–Trinajstić information content (AvgIpc) is 2.74. The molecular formula is C22H30N4O2S2. The number of para-hydroxylation sites is 1. The van der Waals surface area contributed by atoms with Gasteiger partial charge in [-0.15, -0.1) is 0 Å². The van der Waals surface area contributed by atoms with E-state index in [1.807, 2.05) is 12.1 Å². The molecule has 2 atom stereocenters. The lowest BCUT2D eigenvalue weighted by Crippen LogP contribution is -2.46. The zero-order valence-corrected chi connectivity index (χ0v) is 18.9. The highest BCUT2D eigenvalue weighted by Crippen LogP contribution is 2.27. The fourth-order valence-corrected chi connectivity index (χ4v) is 4.57. The summed E-state index contributed by atoms with van der Waals surface area (Å²) in [6, 6.07) is 15.9. The summed E-state index contributed by atoms with van der Waals surface area (Å²) in [7, 11) is -1.17. The van der Waals surface area contributed by atoms with E-state index in [1.165, 1.54) is 5.69 Å². The number of anilines is 2. The molecule has 0 bridgehead atoms. The molecule has 4 N–H and O–H groups in total. The van der Waals surface area contributed by atoms with E-state index in [4.69, 9.17) is 18.0 Å². The van der Waals surface area contributed by atoms with Gasteiger partial charge in [0.2, 0.25) is 0 Å². The molecule has 0 aromatic heterocycles. The lowest BCUT2D eigenvalue weighted by Gasteiger charge is -2.36. The molecule has 1 saturated heterocycles. The zero-order chi connectivity index (χ0) is 21.5. The summed E-state index contributed by atoms with van der Waals surface area (Å²) in [5.41, 5.74) is 8.23. The Kier molecular flexibility index (Phi) is 8.21. The minimum absolute atomic E-state index is 0.114. The summed E-state index contributed by atoms with van der Waals surface area (Å²) in [5.74, 6) is 0. The lowest BCUT2D eigenvalue weighted by molar-refractivity contribution is 0.154. The van der Waals surface area contributed by atoms with Gasteiger partial charge in [-0.25, -0.2) is 0 Å². The van der Waals surface area contributed by atoms with Crippen LogP contribution in [-0.2, 0) is 10.8 Å². The van der Waals surface area contributed by atoms with Gasteiger partial charge < -0.3 is 21.1 Å². The van der Waals surface area contributed by atoms with Crippen LogP contribution in [0.4, 0.5) is 11.4 Å². The molecule has 1 fully saturated rings. The molecule has 30 heavy (non-hydrogen) atoms.